The Morgan fingerprint density at radius 1 is 1.36 bits per heavy atom. The molecule has 2 N–H and O–H groups in total. The predicted octanol–water partition coefficient (Wildman–Crippen LogP) is 1.30. The van der Waals surface area contributed by atoms with Crippen molar-refractivity contribution in [2.75, 3.05) is 0 Å². The number of carbonyl (C=O) groups is 2. The van der Waals surface area contributed by atoms with E-state index in [1.807, 2.05) is 0 Å². The second-order valence-electron chi connectivity index (χ2n) is 2.57. The fourth-order valence-electron chi connectivity index (χ4n) is 0.964. The average molecular weight is 192 g/mol. The lowest BCUT2D eigenvalue weighted by Crippen LogP contribution is -1.95. The van der Waals surface area contributed by atoms with Crippen LogP contribution in [0.4, 0.5) is 0 Å². The molecule has 0 saturated heterocycles. The first-order valence-electron chi connectivity index (χ1n) is 3.83. The highest BCUT2D eigenvalue weighted by Crippen LogP contribution is 2.19. The van der Waals surface area contributed by atoms with E-state index in [0.29, 0.717) is 11.8 Å². The number of carboxylic acid groups (broad SMARTS) is 1. The van der Waals surface area contributed by atoms with Gasteiger partial charge in [0.15, 0.2) is 0 Å². The molecule has 0 bridgehead atoms. The van der Waals surface area contributed by atoms with Gasteiger partial charge in [0.25, 0.3) is 0 Å². The van der Waals surface area contributed by atoms with Gasteiger partial charge in [-0.25, -0.2) is 4.79 Å². The number of aromatic hydroxyl groups is 1. The van der Waals surface area contributed by atoms with E-state index < -0.39 is 5.97 Å². The van der Waals surface area contributed by atoms with E-state index in [-0.39, 0.29) is 11.3 Å². The maximum absolute atomic E-state index is 10.6. The van der Waals surface area contributed by atoms with Crippen molar-refractivity contribution >= 4 is 18.3 Å². The number of benzene rings is 1. The molecule has 0 aliphatic carbocycles. The standard InChI is InChI=1S/C10H8O4/c11-5-1-2-7-6-8(10(13)14)3-4-9(7)12/h1-6,12H,(H,13,14). The first-order chi connectivity index (χ1) is 6.65. The van der Waals surface area contributed by atoms with Gasteiger partial charge in [-0.1, -0.05) is 0 Å². The molecule has 0 radical (unpaired) electrons. The van der Waals surface area contributed by atoms with E-state index >= 15 is 0 Å². The van der Waals surface area contributed by atoms with Gasteiger partial charge in [0.2, 0.25) is 0 Å². The lowest BCUT2D eigenvalue weighted by molar-refractivity contribution is -0.104. The van der Waals surface area contributed by atoms with Crippen molar-refractivity contribution in [2.45, 2.75) is 0 Å². The minimum absolute atomic E-state index is 0.0619. The maximum Gasteiger partial charge on any atom is 0.335 e. The minimum atomic E-state index is -1.08. The lowest BCUT2D eigenvalue weighted by Gasteiger charge is -1.99. The van der Waals surface area contributed by atoms with Crippen LogP contribution in [0.15, 0.2) is 24.3 Å². The van der Waals surface area contributed by atoms with Crippen LogP contribution in [0.2, 0.25) is 0 Å². The summed E-state index contributed by atoms with van der Waals surface area (Å²) in [6, 6.07) is 3.85. The fraction of sp³-hybridized carbons (Fsp3) is 0. The minimum Gasteiger partial charge on any atom is -0.507 e. The summed E-state index contributed by atoms with van der Waals surface area (Å²) in [5.74, 6) is -1.14. The van der Waals surface area contributed by atoms with Crippen molar-refractivity contribution in [1.82, 2.24) is 0 Å². The van der Waals surface area contributed by atoms with Gasteiger partial charge in [-0.3, -0.25) is 4.79 Å². The third kappa shape index (κ3) is 2.20. The number of rotatable bonds is 3. The number of carboxylic acids is 1. The largest absolute Gasteiger partial charge is 0.507 e. The summed E-state index contributed by atoms with van der Waals surface area (Å²) in [5.41, 5.74) is 0.366. The molecule has 0 aliphatic heterocycles. The lowest BCUT2D eigenvalue weighted by atomic mass is 10.1. The number of phenols is 1. The Morgan fingerprint density at radius 2 is 2.07 bits per heavy atom. The van der Waals surface area contributed by atoms with Gasteiger partial charge in [-0.15, -0.1) is 0 Å². The third-order valence-corrected chi connectivity index (χ3v) is 1.63. The molecule has 14 heavy (non-hydrogen) atoms. The summed E-state index contributed by atoms with van der Waals surface area (Å²) >= 11 is 0. The van der Waals surface area contributed by atoms with Crippen LogP contribution in [0.5, 0.6) is 5.75 Å². The third-order valence-electron chi connectivity index (χ3n) is 1.63. The highest BCUT2D eigenvalue weighted by molar-refractivity contribution is 5.89. The Labute approximate surface area is 80.1 Å². The molecule has 0 spiro atoms. The average Bonchev–Trinajstić information content (AvgIpc) is 2.16. The van der Waals surface area contributed by atoms with Crippen molar-refractivity contribution in [2.24, 2.45) is 0 Å². The number of hydrogen-bond acceptors (Lipinski definition) is 3. The van der Waals surface area contributed by atoms with Gasteiger partial charge in [0, 0.05) is 5.56 Å². The molecule has 0 fully saturated rings. The number of hydrogen-bond donors (Lipinski definition) is 2. The Morgan fingerprint density at radius 3 is 2.64 bits per heavy atom. The molecule has 4 heteroatoms. The molecule has 0 heterocycles. The Balaban J connectivity index is 3.14. The van der Waals surface area contributed by atoms with Crippen LogP contribution in [0, 0.1) is 0 Å². The first kappa shape index (κ1) is 9.98. The zero-order valence-corrected chi connectivity index (χ0v) is 7.18. The zero-order chi connectivity index (χ0) is 10.6. The van der Waals surface area contributed by atoms with E-state index in [1.54, 1.807) is 0 Å². The number of aldehydes is 1. The number of phenolic OH excluding ortho intramolecular Hbond substituents is 1. The summed E-state index contributed by atoms with van der Waals surface area (Å²) in [6.45, 7) is 0. The van der Waals surface area contributed by atoms with E-state index in [9.17, 15) is 14.7 Å². The smallest absolute Gasteiger partial charge is 0.335 e. The summed E-state index contributed by atoms with van der Waals surface area (Å²) in [5, 5.41) is 17.9. The van der Waals surface area contributed by atoms with Crippen LogP contribution in [-0.4, -0.2) is 22.5 Å². The van der Waals surface area contributed by atoms with Gasteiger partial charge in [0.1, 0.15) is 12.0 Å². The number of aromatic carboxylic acids is 1. The molecular weight excluding hydrogens is 184 g/mol. The van der Waals surface area contributed by atoms with Gasteiger partial charge in [-0.05, 0) is 30.4 Å². The molecule has 1 aromatic carbocycles. The Kier molecular flexibility index (Phi) is 3.01. The molecule has 1 aromatic rings. The highest BCUT2D eigenvalue weighted by atomic mass is 16.4. The van der Waals surface area contributed by atoms with Crippen molar-refractivity contribution in [3.8, 4) is 5.75 Å². The molecule has 4 nitrogen and oxygen atoms in total. The predicted molar refractivity (Wildman–Crippen MR) is 50.2 cm³/mol. The van der Waals surface area contributed by atoms with Crippen LogP contribution in [-0.2, 0) is 4.79 Å². The van der Waals surface area contributed by atoms with Crippen molar-refractivity contribution in [3.63, 3.8) is 0 Å². The van der Waals surface area contributed by atoms with E-state index in [0.717, 1.165) is 0 Å². The van der Waals surface area contributed by atoms with Gasteiger partial charge in [0.05, 0.1) is 5.56 Å². The Hall–Kier alpha value is -2.10. The topological polar surface area (TPSA) is 74.6 Å². The molecular formula is C10H8O4. The van der Waals surface area contributed by atoms with Crippen LogP contribution in [0.3, 0.4) is 0 Å². The van der Waals surface area contributed by atoms with Crippen LogP contribution in [0.1, 0.15) is 15.9 Å². The normalized spacial score (nSPS) is 10.3. The highest BCUT2D eigenvalue weighted by Gasteiger charge is 2.05. The second-order valence-corrected chi connectivity index (χ2v) is 2.57. The van der Waals surface area contributed by atoms with E-state index in [2.05, 4.69) is 0 Å². The quantitative estimate of drug-likeness (QED) is 0.559. The number of carbonyl (C=O) groups excluding carboxylic acids is 1. The van der Waals surface area contributed by atoms with Crippen molar-refractivity contribution < 1.29 is 19.8 Å². The van der Waals surface area contributed by atoms with Crippen LogP contribution in [0.25, 0.3) is 6.08 Å². The maximum atomic E-state index is 10.6. The van der Waals surface area contributed by atoms with Crippen molar-refractivity contribution in [1.29, 1.82) is 0 Å². The van der Waals surface area contributed by atoms with E-state index in [1.165, 1.54) is 30.4 Å². The van der Waals surface area contributed by atoms with Gasteiger partial charge < -0.3 is 10.2 Å². The molecule has 0 atom stereocenters. The van der Waals surface area contributed by atoms with Crippen LogP contribution >= 0.6 is 0 Å². The SMILES string of the molecule is O=CC=Cc1cc(C(=O)O)ccc1O. The Bertz CT molecular complexity index is 393. The zero-order valence-electron chi connectivity index (χ0n) is 7.18. The number of allylic oxidation sites excluding steroid dienone is 1. The van der Waals surface area contributed by atoms with Gasteiger partial charge >= 0.3 is 5.97 Å². The summed E-state index contributed by atoms with van der Waals surface area (Å²) < 4.78 is 0. The second kappa shape index (κ2) is 4.23. The molecule has 0 unspecified atom stereocenters. The summed E-state index contributed by atoms with van der Waals surface area (Å²) in [4.78, 5) is 20.6. The first-order valence-corrected chi connectivity index (χ1v) is 3.83. The molecule has 0 aromatic heterocycles. The van der Waals surface area contributed by atoms with Crippen molar-refractivity contribution in [3.05, 3.63) is 35.4 Å². The van der Waals surface area contributed by atoms with Gasteiger partial charge in [-0.2, -0.15) is 0 Å². The fourth-order valence-corrected chi connectivity index (χ4v) is 0.964. The molecule has 0 saturated carbocycles. The molecule has 0 aliphatic rings. The van der Waals surface area contributed by atoms with E-state index in [4.69, 9.17) is 5.11 Å². The monoisotopic (exact) mass is 192 g/mol. The molecule has 72 valence electrons. The molecule has 0 amide bonds. The summed E-state index contributed by atoms with van der Waals surface area (Å²) in [6.07, 6.45) is 3.07. The van der Waals surface area contributed by atoms with Crippen LogP contribution < -0.4 is 0 Å². The molecule has 1 rings (SSSR count). The summed E-state index contributed by atoms with van der Waals surface area (Å²) in [7, 11) is 0.